The fourth-order valence-electron chi connectivity index (χ4n) is 1.60. The van der Waals surface area contributed by atoms with Crippen molar-refractivity contribution in [3.05, 3.63) is 54.3 Å². The Labute approximate surface area is 129 Å². The normalized spacial score (nSPS) is 10.5. The van der Waals surface area contributed by atoms with Crippen molar-refractivity contribution in [3.8, 4) is 5.75 Å². The van der Waals surface area contributed by atoms with E-state index in [1.54, 1.807) is 0 Å². The molecule has 0 aliphatic heterocycles. The number of rotatable bonds is 6. The molecule has 0 aromatic heterocycles. The van der Waals surface area contributed by atoms with E-state index in [-0.39, 0.29) is 6.61 Å². The Morgan fingerprint density at radius 1 is 1.09 bits per heavy atom. The minimum Gasteiger partial charge on any atom is -0.484 e. The first-order valence-electron chi connectivity index (χ1n) is 6.26. The van der Waals surface area contributed by atoms with Crippen LogP contribution in [0.15, 0.2) is 53.4 Å². The summed E-state index contributed by atoms with van der Waals surface area (Å²) in [6.07, 6.45) is 0. The minimum absolute atomic E-state index is 0.237. The maximum Gasteiger partial charge on any atom is 0.288 e. The number of nitrogens with one attached hydrogen (secondary N) is 1. The topological polar surface area (TPSA) is 38.3 Å². The van der Waals surface area contributed by atoms with E-state index in [9.17, 15) is 18.0 Å². The lowest BCUT2D eigenvalue weighted by Gasteiger charge is -2.08. The van der Waals surface area contributed by atoms with Crippen LogP contribution in [0.25, 0.3) is 0 Å². The van der Waals surface area contributed by atoms with Crippen LogP contribution in [0.1, 0.15) is 0 Å². The third-order valence-corrected chi connectivity index (χ3v) is 3.27. The Kier molecular flexibility index (Phi) is 5.71. The molecule has 3 nitrogen and oxygen atoms in total. The Morgan fingerprint density at radius 2 is 1.73 bits per heavy atom. The summed E-state index contributed by atoms with van der Waals surface area (Å²) in [5.74, 6) is -2.90. The lowest BCUT2D eigenvalue weighted by atomic mass is 10.3. The van der Waals surface area contributed by atoms with Crippen LogP contribution < -0.4 is 10.1 Å². The van der Waals surface area contributed by atoms with Crippen molar-refractivity contribution in [3.63, 3.8) is 0 Å². The predicted octanol–water partition coefficient (Wildman–Crippen LogP) is 4.16. The number of amides is 1. The number of thioether (sulfide) groups is 1. The summed E-state index contributed by atoms with van der Waals surface area (Å²) in [5, 5.41) is 2.57. The fraction of sp³-hybridized carbons (Fsp3) is 0.133. The molecule has 0 aliphatic rings. The lowest BCUT2D eigenvalue weighted by Crippen LogP contribution is -2.20. The number of alkyl halides is 2. The van der Waals surface area contributed by atoms with Crippen LogP contribution in [-0.4, -0.2) is 18.3 Å². The van der Waals surface area contributed by atoms with Crippen LogP contribution in [-0.2, 0) is 4.79 Å². The van der Waals surface area contributed by atoms with Gasteiger partial charge in [0, 0.05) is 10.6 Å². The number of ether oxygens (including phenoxy) is 1. The van der Waals surface area contributed by atoms with Gasteiger partial charge in [-0.3, -0.25) is 4.79 Å². The first-order valence-corrected chi connectivity index (χ1v) is 7.14. The number of anilines is 1. The van der Waals surface area contributed by atoms with Crippen LogP contribution in [0.4, 0.5) is 18.9 Å². The van der Waals surface area contributed by atoms with Gasteiger partial charge in [-0.15, -0.1) is 0 Å². The smallest absolute Gasteiger partial charge is 0.288 e. The quantitative estimate of drug-likeness (QED) is 0.810. The Bertz CT molecular complexity index is 618. The molecule has 22 heavy (non-hydrogen) atoms. The number of hydrogen-bond donors (Lipinski definition) is 1. The molecule has 0 saturated carbocycles. The maximum absolute atomic E-state index is 12.7. The van der Waals surface area contributed by atoms with Gasteiger partial charge < -0.3 is 10.1 Å². The molecule has 1 N–H and O–H groups in total. The average molecular weight is 327 g/mol. The predicted molar refractivity (Wildman–Crippen MR) is 78.8 cm³/mol. The Balaban J connectivity index is 1.82. The van der Waals surface area contributed by atoms with Gasteiger partial charge in [0.15, 0.2) is 6.61 Å². The average Bonchev–Trinajstić information content (AvgIpc) is 2.48. The number of carbonyl (C=O) groups excluding carboxylic acids is 1. The summed E-state index contributed by atoms with van der Waals surface area (Å²) in [6.45, 7) is -0.237. The number of halogens is 3. The molecular formula is C15H12F3NO2S. The van der Waals surface area contributed by atoms with Gasteiger partial charge in [-0.1, -0.05) is 11.8 Å². The fourth-order valence-corrected chi connectivity index (χ4v) is 2.10. The summed E-state index contributed by atoms with van der Waals surface area (Å²) >= 11 is 0.433. The lowest BCUT2D eigenvalue weighted by molar-refractivity contribution is -0.118. The highest BCUT2D eigenvalue weighted by atomic mass is 32.2. The molecule has 7 heteroatoms. The summed E-state index contributed by atoms with van der Waals surface area (Å²) in [7, 11) is 0. The second-order valence-electron chi connectivity index (χ2n) is 4.19. The molecule has 0 atom stereocenters. The molecule has 2 aromatic carbocycles. The van der Waals surface area contributed by atoms with Crippen molar-refractivity contribution in [2.24, 2.45) is 0 Å². The molecule has 0 spiro atoms. The maximum atomic E-state index is 12.7. The number of hydrogen-bond acceptors (Lipinski definition) is 3. The molecular weight excluding hydrogens is 315 g/mol. The number of carbonyl (C=O) groups is 1. The molecule has 0 fully saturated rings. The first kappa shape index (κ1) is 16.2. The molecule has 0 heterocycles. The number of benzene rings is 2. The molecule has 0 unspecified atom stereocenters. The summed E-state index contributed by atoms with van der Waals surface area (Å²) in [6, 6.07) is 11.3. The van der Waals surface area contributed by atoms with E-state index < -0.39 is 17.5 Å². The van der Waals surface area contributed by atoms with E-state index in [4.69, 9.17) is 4.74 Å². The van der Waals surface area contributed by atoms with Crippen molar-refractivity contribution in [1.29, 1.82) is 0 Å². The Hall–Kier alpha value is -2.15. The van der Waals surface area contributed by atoms with E-state index in [1.165, 1.54) is 48.5 Å². The van der Waals surface area contributed by atoms with Gasteiger partial charge >= 0.3 is 0 Å². The second-order valence-corrected chi connectivity index (χ2v) is 5.26. The molecule has 2 aromatic rings. The molecule has 0 bridgehead atoms. The van der Waals surface area contributed by atoms with Crippen molar-refractivity contribution < 1.29 is 22.7 Å². The van der Waals surface area contributed by atoms with Crippen molar-refractivity contribution >= 4 is 23.4 Å². The van der Waals surface area contributed by atoms with Crippen LogP contribution in [0, 0.1) is 5.82 Å². The molecule has 116 valence electrons. The van der Waals surface area contributed by atoms with E-state index in [0.717, 1.165) is 0 Å². The highest BCUT2D eigenvalue weighted by Crippen LogP contribution is 2.26. The minimum atomic E-state index is -2.48. The van der Waals surface area contributed by atoms with Crippen molar-refractivity contribution in [2.45, 2.75) is 10.7 Å². The molecule has 1 amide bonds. The van der Waals surface area contributed by atoms with Gasteiger partial charge in [0.25, 0.3) is 11.7 Å². The summed E-state index contributed by atoms with van der Waals surface area (Å²) in [4.78, 5) is 12.1. The molecule has 2 rings (SSSR count). The van der Waals surface area contributed by atoms with E-state index >= 15 is 0 Å². The van der Waals surface area contributed by atoms with Gasteiger partial charge in [0.2, 0.25) is 0 Å². The van der Waals surface area contributed by atoms with Gasteiger partial charge in [0.1, 0.15) is 11.6 Å². The van der Waals surface area contributed by atoms with Crippen molar-refractivity contribution in [1.82, 2.24) is 0 Å². The van der Waals surface area contributed by atoms with Crippen molar-refractivity contribution in [2.75, 3.05) is 11.9 Å². The zero-order valence-electron chi connectivity index (χ0n) is 11.3. The SMILES string of the molecule is O=C(COc1ccc(F)cc1)Nc1ccc(SC(F)F)cc1. The van der Waals surface area contributed by atoms with E-state index in [0.29, 0.717) is 28.1 Å². The Morgan fingerprint density at radius 3 is 2.32 bits per heavy atom. The highest BCUT2D eigenvalue weighted by Gasteiger charge is 2.07. The van der Waals surface area contributed by atoms with Crippen LogP contribution in [0.3, 0.4) is 0 Å². The van der Waals surface area contributed by atoms with Gasteiger partial charge in [-0.2, -0.15) is 8.78 Å². The van der Waals surface area contributed by atoms with E-state index in [2.05, 4.69) is 5.32 Å². The second kappa shape index (κ2) is 7.74. The standard InChI is InChI=1S/C15H12F3NO2S/c16-10-1-5-12(6-2-10)21-9-14(20)19-11-3-7-13(8-4-11)22-15(17)18/h1-8,15H,9H2,(H,19,20). The van der Waals surface area contributed by atoms with Gasteiger partial charge in [0.05, 0.1) is 0 Å². The molecule has 0 radical (unpaired) electrons. The van der Waals surface area contributed by atoms with Crippen LogP contribution in [0.2, 0.25) is 0 Å². The zero-order chi connectivity index (χ0) is 15.9. The summed E-state index contributed by atoms with van der Waals surface area (Å²) < 4.78 is 42.2. The van der Waals surface area contributed by atoms with Gasteiger partial charge in [-0.05, 0) is 48.5 Å². The van der Waals surface area contributed by atoms with Crippen LogP contribution in [0.5, 0.6) is 5.75 Å². The highest BCUT2D eigenvalue weighted by molar-refractivity contribution is 7.99. The van der Waals surface area contributed by atoms with Gasteiger partial charge in [-0.25, -0.2) is 4.39 Å². The molecule has 0 saturated heterocycles. The third kappa shape index (κ3) is 5.33. The van der Waals surface area contributed by atoms with Crippen LogP contribution >= 0.6 is 11.8 Å². The third-order valence-electron chi connectivity index (χ3n) is 2.55. The summed E-state index contributed by atoms with van der Waals surface area (Å²) in [5.41, 5.74) is 0.478. The largest absolute Gasteiger partial charge is 0.484 e. The monoisotopic (exact) mass is 327 g/mol. The van der Waals surface area contributed by atoms with E-state index in [1.807, 2.05) is 0 Å². The molecule has 0 aliphatic carbocycles. The zero-order valence-corrected chi connectivity index (χ0v) is 12.1. The first-order chi connectivity index (χ1) is 10.5.